The summed E-state index contributed by atoms with van der Waals surface area (Å²) in [7, 11) is -3.74. The molecule has 2 aromatic carbocycles. The van der Waals surface area contributed by atoms with Crippen LogP contribution in [0.1, 0.15) is 25.3 Å². The molecule has 0 spiro atoms. The minimum atomic E-state index is -3.74. The Morgan fingerprint density at radius 2 is 1.83 bits per heavy atom. The van der Waals surface area contributed by atoms with Gasteiger partial charge >= 0.3 is 0 Å². The largest absolute Gasteiger partial charge is 0.314 e. The number of benzene rings is 2. The molecule has 4 nitrogen and oxygen atoms in total. The van der Waals surface area contributed by atoms with Crippen LogP contribution < -0.4 is 4.90 Å². The van der Waals surface area contributed by atoms with Crippen molar-refractivity contribution in [2.24, 2.45) is 0 Å². The van der Waals surface area contributed by atoms with Gasteiger partial charge in [0.1, 0.15) is 6.07 Å². The Labute approximate surface area is 136 Å². The van der Waals surface area contributed by atoms with E-state index >= 15 is 0 Å². The molecule has 0 bridgehead atoms. The molecule has 1 aliphatic rings. The molecule has 3 rings (SSSR count). The van der Waals surface area contributed by atoms with Crippen LogP contribution >= 0.6 is 0 Å². The first kappa shape index (κ1) is 15.3. The lowest BCUT2D eigenvalue weighted by Crippen LogP contribution is -2.21. The predicted molar refractivity (Wildman–Crippen MR) is 90.0 cm³/mol. The lowest BCUT2D eigenvalue weighted by atomic mass is 10.0. The topological polar surface area (TPSA) is 61.2 Å². The molecule has 0 N–H and O–H groups in total. The summed E-state index contributed by atoms with van der Waals surface area (Å²) >= 11 is 0. The first-order valence-electron chi connectivity index (χ1n) is 7.30. The fourth-order valence-corrected chi connectivity index (χ4v) is 3.90. The summed E-state index contributed by atoms with van der Waals surface area (Å²) in [6.07, 6.45) is 1.40. The number of nitrogens with zero attached hydrogens (tertiary/aromatic N) is 2. The lowest BCUT2D eigenvalue weighted by Gasteiger charge is -2.28. The molecule has 0 atom stereocenters. The summed E-state index contributed by atoms with van der Waals surface area (Å²) in [6, 6.07) is 16.5. The van der Waals surface area contributed by atoms with E-state index in [-0.39, 0.29) is 9.80 Å². The van der Waals surface area contributed by atoms with Crippen molar-refractivity contribution in [1.82, 2.24) is 0 Å². The Balaban J connectivity index is 2.24. The molecule has 0 saturated carbocycles. The molecule has 0 unspecified atom stereocenters. The number of allylic oxidation sites excluding steroid dienone is 1. The average molecular weight is 324 g/mol. The van der Waals surface area contributed by atoms with Crippen LogP contribution in [0.3, 0.4) is 0 Å². The highest BCUT2D eigenvalue weighted by molar-refractivity contribution is 7.95. The van der Waals surface area contributed by atoms with E-state index in [2.05, 4.69) is 13.8 Å². The number of rotatable bonds is 2. The first-order chi connectivity index (χ1) is 10.9. The van der Waals surface area contributed by atoms with Gasteiger partial charge in [0.15, 0.2) is 4.91 Å². The smallest absolute Gasteiger partial charge is 0.220 e. The molecule has 1 aliphatic heterocycles. The summed E-state index contributed by atoms with van der Waals surface area (Å²) in [5, 5.41) is 9.24. The van der Waals surface area contributed by atoms with Crippen LogP contribution in [-0.2, 0) is 9.84 Å². The molecule has 1 heterocycles. The standard InChI is InChI=1S/C18H16N2O2S/c1-13(2)14-6-5-7-15(10-14)20-12-16(11-19)23(21,22)18-9-4-3-8-17(18)20/h3-10,12-13H,1-2H3. The number of fused-ring (bicyclic) bond motifs is 1. The molecule has 0 aromatic heterocycles. The zero-order chi connectivity index (χ0) is 16.6. The molecule has 2 aromatic rings. The summed E-state index contributed by atoms with van der Waals surface area (Å²) < 4.78 is 24.9. The van der Waals surface area contributed by atoms with Crippen molar-refractivity contribution < 1.29 is 8.42 Å². The average Bonchev–Trinajstić information content (AvgIpc) is 2.55. The Morgan fingerprint density at radius 3 is 2.52 bits per heavy atom. The van der Waals surface area contributed by atoms with Crippen LogP contribution in [0.5, 0.6) is 0 Å². The van der Waals surface area contributed by atoms with Gasteiger partial charge in [0.2, 0.25) is 9.84 Å². The van der Waals surface area contributed by atoms with Crippen LogP contribution in [0.2, 0.25) is 0 Å². The maximum absolute atomic E-state index is 12.5. The van der Waals surface area contributed by atoms with Crippen molar-refractivity contribution in [3.05, 3.63) is 65.2 Å². The van der Waals surface area contributed by atoms with Crippen LogP contribution in [0.15, 0.2) is 64.5 Å². The molecule has 116 valence electrons. The maximum atomic E-state index is 12.5. The Hall–Kier alpha value is -2.58. The van der Waals surface area contributed by atoms with E-state index in [1.165, 1.54) is 12.3 Å². The van der Waals surface area contributed by atoms with Crippen LogP contribution in [0.25, 0.3) is 0 Å². The summed E-state index contributed by atoms with van der Waals surface area (Å²) in [5.41, 5.74) is 2.55. The second kappa shape index (κ2) is 5.56. The third kappa shape index (κ3) is 2.51. The monoisotopic (exact) mass is 324 g/mol. The van der Waals surface area contributed by atoms with Crippen molar-refractivity contribution in [3.8, 4) is 6.07 Å². The molecule has 0 radical (unpaired) electrons. The number of hydrogen-bond donors (Lipinski definition) is 0. The van der Waals surface area contributed by atoms with E-state index in [4.69, 9.17) is 0 Å². The number of para-hydroxylation sites is 1. The van der Waals surface area contributed by atoms with Gasteiger partial charge in [-0.3, -0.25) is 0 Å². The van der Waals surface area contributed by atoms with Crippen molar-refractivity contribution >= 4 is 21.2 Å². The lowest BCUT2D eigenvalue weighted by molar-refractivity contribution is 0.602. The van der Waals surface area contributed by atoms with Crippen LogP contribution in [0, 0.1) is 11.3 Å². The van der Waals surface area contributed by atoms with E-state index in [1.54, 1.807) is 29.2 Å². The van der Waals surface area contributed by atoms with Crippen molar-refractivity contribution in [2.75, 3.05) is 4.90 Å². The zero-order valence-electron chi connectivity index (χ0n) is 12.9. The SMILES string of the molecule is CC(C)c1cccc(N2C=C(C#N)S(=O)(=O)c3ccccc32)c1. The Bertz CT molecular complexity index is 937. The summed E-state index contributed by atoms with van der Waals surface area (Å²) in [5.74, 6) is 0.359. The van der Waals surface area contributed by atoms with Gasteiger partial charge in [-0.15, -0.1) is 0 Å². The Morgan fingerprint density at radius 1 is 1.09 bits per heavy atom. The van der Waals surface area contributed by atoms with Gasteiger partial charge in [-0.1, -0.05) is 38.1 Å². The highest BCUT2D eigenvalue weighted by Gasteiger charge is 2.31. The van der Waals surface area contributed by atoms with E-state index in [0.29, 0.717) is 11.6 Å². The molecule has 0 amide bonds. The van der Waals surface area contributed by atoms with Gasteiger partial charge in [-0.05, 0) is 35.7 Å². The van der Waals surface area contributed by atoms with Gasteiger partial charge in [0.05, 0.1) is 10.6 Å². The van der Waals surface area contributed by atoms with Crippen molar-refractivity contribution in [3.63, 3.8) is 0 Å². The zero-order valence-corrected chi connectivity index (χ0v) is 13.7. The molecule has 23 heavy (non-hydrogen) atoms. The number of nitriles is 1. The maximum Gasteiger partial charge on any atom is 0.220 e. The predicted octanol–water partition coefficient (Wildman–Crippen LogP) is 4.10. The van der Waals surface area contributed by atoms with Gasteiger partial charge in [-0.2, -0.15) is 5.26 Å². The molecular weight excluding hydrogens is 308 g/mol. The minimum Gasteiger partial charge on any atom is -0.314 e. The first-order valence-corrected chi connectivity index (χ1v) is 8.78. The molecule has 0 aliphatic carbocycles. The molecule has 0 saturated heterocycles. The van der Waals surface area contributed by atoms with Gasteiger partial charge < -0.3 is 4.90 Å². The number of hydrogen-bond acceptors (Lipinski definition) is 4. The second-order valence-corrected chi connectivity index (χ2v) is 7.58. The molecular formula is C18H16N2O2S. The minimum absolute atomic E-state index is 0.161. The van der Waals surface area contributed by atoms with Crippen LogP contribution in [0.4, 0.5) is 11.4 Å². The van der Waals surface area contributed by atoms with E-state index in [1.807, 2.05) is 24.3 Å². The van der Waals surface area contributed by atoms with E-state index in [0.717, 1.165) is 11.3 Å². The van der Waals surface area contributed by atoms with Crippen molar-refractivity contribution in [2.45, 2.75) is 24.7 Å². The normalized spacial score (nSPS) is 15.7. The molecule has 0 fully saturated rings. The quantitative estimate of drug-likeness (QED) is 0.834. The fraction of sp³-hybridized carbons (Fsp3) is 0.167. The van der Waals surface area contributed by atoms with Gasteiger partial charge in [0.25, 0.3) is 0 Å². The number of anilines is 2. The summed E-state index contributed by atoms with van der Waals surface area (Å²) in [4.78, 5) is 1.68. The van der Waals surface area contributed by atoms with E-state index in [9.17, 15) is 13.7 Å². The van der Waals surface area contributed by atoms with Gasteiger partial charge in [0, 0.05) is 11.9 Å². The highest BCUT2D eigenvalue weighted by Crippen LogP contribution is 2.39. The van der Waals surface area contributed by atoms with Crippen LogP contribution in [-0.4, -0.2) is 8.42 Å². The summed E-state index contributed by atoms with van der Waals surface area (Å²) in [6.45, 7) is 4.20. The third-order valence-electron chi connectivity index (χ3n) is 3.88. The highest BCUT2D eigenvalue weighted by atomic mass is 32.2. The molecule has 5 heteroatoms. The Kier molecular flexibility index (Phi) is 3.70. The fourth-order valence-electron chi connectivity index (χ4n) is 2.59. The van der Waals surface area contributed by atoms with Gasteiger partial charge in [-0.25, -0.2) is 8.42 Å². The van der Waals surface area contributed by atoms with E-state index < -0.39 is 9.84 Å². The third-order valence-corrected chi connectivity index (χ3v) is 5.58. The van der Waals surface area contributed by atoms with Crippen molar-refractivity contribution in [1.29, 1.82) is 5.26 Å². The second-order valence-electron chi connectivity index (χ2n) is 5.70. The number of sulfone groups is 1.